The van der Waals surface area contributed by atoms with Crippen molar-refractivity contribution < 1.29 is 26.4 Å². The number of benzene rings is 2. The number of rotatable bonds is 7. The summed E-state index contributed by atoms with van der Waals surface area (Å²) in [6.07, 6.45) is -4.39. The molecule has 0 radical (unpaired) electrons. The van der Waals surface area contributed by atoms with Gasteiger partial charge in [-0.05, 0) is 44.0 Å². The lowest BCUT2D eigenvalue weighted by molar-refractivity contribution is -0.137. The highest BCUT2D eigenvalue weighted by Crippen LogP contribution is 2.33. The molecule has 1 N–H and O–H groups in total. The van der Waals surface area contributed by atoms with Crippen LogP contribution >= 0.6 is 0 Å². The summed E-state index contributed by atoms with van der Waals surface area (Å²) in [4.78, 5) is 11.6. The number of alkyl halides is 3. The van der Waals surface area contributed by atoms with Crippen molar-refractivity contribution in [3.63, 3.8) is 0 Å². The first kappa shape index (κ1) is 21.9. The Morgan fingerprint density at radius 2 is 1.64 bits per heavy atom. The average Bonchev–Trinajstić information content (AvgIpc) is 2.61. The van der Waals surface area contributed by atoms with Gasteiger partial charge in [0.05, 0.1) is 21.6 Å². The van der Waals surface area contributed by atoms with E-state index in [4.69, 9.17) is 0 Å². The molecule has 4 nitrogen and oxygen atoms in total. The standard InChI is InChI=1S/C20H22F3NO3S/c1-19(2,11-12-24-18(25)13-15-7-4-3-5-8-15)28(26,27)17-10-6-9-16(14-17)20(21,22)23/h3-10,14H,11-13H2,1-2H3,(H,24,25). The number of hydrogen-bond donors (Lipinski definition) is 1. The van der Waals surface area contributed by atoms with Crippen molar-refractivity contribution in [2.45, 2.75) is 42.5 Å². The minimum absolute atomic E-state index is 0.0616. The van der Waals surface area contributed by atoms with Gasteiger partial charge < -0.3 is 5.32 Å². The second-order valence-corrected chi connectivity index (χ2v) is 9.63. The van der Waals surface area contributed by atoms with Crippen LogP contribution in [0.3, 0.4) is 0 Å². The van der Waals surface area contributed by atoms with Gasteiger partial charge in [0.15, 0.2) is 9.84 Å². The Bertz CT molecular complexity index is 923. The number of sulfone groups is 1. The smallest absolute Gasteiger partial charge is 0.356 e. The summed E-state index contributed by atoms with van der Waals surface area (Å²) in [5.41, 5.74) is -0.184. The molecular formula is C20H22F3NO3S. The van der Waals surface area contributed by atoms with Gasteiger partial charge in [0.2, 0.25) is 5.91 Å². The van der Waals surface area contributed by atoms with Gasteiger partial charge in [-0.3, -0.25) is 4.79 Å². The topological polar surface area (TPSA) is 63.2 Å². The van der Waals surface area contributed by atoms with Crippen LogP contribution in [-0.4, -0.2) is 25.6 Å². The SMILES string of the molecule is CC(C)(CCNC(=O)Cc1ccccc1)S(=O)(=O)c1cccc(C(F)(F)F)c1. The first-order valence-corrected chi connectivity index (χ1v) is 10.1. The molecular weight excluding hydrogens is 391 g/mol. The van der Waals surface area contributed by atoms with Crippen molar-refractivity contribution in [2.75, 3.05) is 6.54 Å². The summed E-state index contributed by atoms with van der Waals surface area (Å²) in [7, 11) is -4.03. The van der Waals surface area contributed by atoms with Crippen LogP contribution in [0.25, 0.3) is 0 Å². The number of hydrogen-bond acceptors (Lipinski definition) is 3. The normalized spacial score (nSPS) is 12.6. The second-order valence-electron chi connectivity index (χ2n) is 7.05. The molecule has 152 valence electrons. The van der Waals surface area contributed by atoms with E-state index in [-0.39, 0.29) is 30.2 Å². The molecule has 2 aromatic rings. The number of nitrogens with one attached hydrogen (secondary N) is 1. The number of carbonyl (C=O) groups excluding carboxylic acids is 1. The summed E-state index contributed by atoms with van der Waals surface area (Å²) in [5.74, 6) is -0.251. The maximum absolute atomic E-state index is 12.9. The maximum Gasteiger partial charge on any atom is 0.416 e. The van der Waals surface area contributed by atoms with Gasteiger partial charge in [-0.15, -0.1) is 0 Å². The fourth-order valence-electron chi connectivity index (χ4n) is 2.64. The van der Waals surface area contributed by atoms with Gasteiger partial charge in [0.1, 0.15) is 0 Å². The maximum atomic E-state index is 12.9. The summed E-state index contributed by atoms with van der Waals surface area (Å²) in [5, 5.41) is 2.66. The van der Waals surface area contributed by atoms with Crippen molar-refractivity contribution in [1.82, 2.24) is 5.32 Å². The monoisotopic (exact) mass is 413 g/mol. The molecule has 0 aromatic heterocycles. The predicted molar refractivity (Wildman–Crippen MR) is 100 cm³/mol. The highest BCUT2D eigenvalue weighted by molar-refractivity contribution is 7.92. The van der Waals surface area contributed by atoms with Crippen molar-refractivity contribution in [3.05, 3.63) is 65.7 Å². The predicted octanol–water partition coefficient (Wildman–Crippen LogP) is 4.01. The molecule has 28 heavy (non-hydrogen) atoms. The first-order chi connectivity index (χ1) is 12.9. The Hall–Kier alpha value is -2.35. The lowest BCUT2D eigenvalue weighted by atomic mass is 10.1. The van der Waals surface area contributed by atoms with Crippen LogP contribution in [0.5, 0.6) is 0 Å². The van der Waals surface area contributed by atoms with Crippen LogP contribution in [-0.2, 0) is 27.2 Å². The van der Waals surface area contributed by atoms with E-state index in [1.165, 1.54) is 13.8 Å². The quantitative estimate of drug-likeness (QED) is 0.746. The highest BCUT2D eigenvalue weighted by Gasteiger charge is 2.37. The second kappa shape index (κ2) is 8.34. The van der Waals surface area contributed by atoms with Crippen molar-refractivity contribution in [3.8, 4) is 0 Å². The van der Waals surface area contributed by atoms with E-state index in [1.54, 1.807) is 0 Å². The van der Waals surface area contributed by atoms with Gasteiger partial charge >= 0.3 is 6.18 Å². The first-order valence-electron chi connectivity index (χ1n) is 8.66. The molecule has 0 saturated heterocycles. The van der Waals surface area contributed by atoms with Crippen LogP contribution in [0.15, 0.2) is 59.5 Å². The van der Waals surface area contributed by atoms with Crippen LogP contribution in [0, 0.1) is 0 Å². The molecule has 0 spiro atoms. The highest BCUT2D eigenvalue weighted by atomic mass is 32.2. The fourth-order valence-corrected chi connectivity index (χ4v) is 4.19. The lowest BCUT2D eigenvalue weighted by Crippen LogP contribution is -2.37. The summed E-state index contributed by atoms with van der Waals surface area (Å²) in [6, 6.07) is 12.8. The molecule has 2 aromatic carbocycles. The Balaban J connectivity index is 2.04. The molecule has 8 heteroatoms. The summed E-state index contributed by atoms with van der Waals surface area (Å²) >= 11 is 0. The summed E-state index contributed by atoms with van der Waals surface area (Å²) in [6.45, 7) is 2.97. The van der Waals surface area contributed by atoms with Gasteiger partial charge in [0.25, 0.3) is 0 Å². The van der Waals surface area contributed by atoms with Gasteiger partial charge in [0, 0.05) is 6.54 Å². The molecule has 0 aliphatic rings. The third-order valence-corrected chi connectivity index (χ3v) is 6.99. The lowest BCUT2D eigenvalue weighted by Gasteiger charge is -2.25. The van der Waals surface area contributed by atoms with E-state index in [0.29, 0.717) is 6.07 Å². The van der Waals surface area contributed by atoms with Crippen molar-refractivity contribution >= 4 is 15.7 Å². The third-order valence-electron chi connectivity index (χ3n) is 4.46. The van der Waals surface area contributed by atoms with E-state index >= 15 is 0 Å². The van der Waals surface area contributed by atoms with Crippen LogP contribution in [0.4, 0.5) is 13.2 Å². The largest absolute Gasteiger partial charge is 0.416 e. The Morgan fingerprint density at radius 3 is 2.25 bits per heavy atom. The Morgan fingerprint density at radius 1 is 1.00 bits per heavy atom. The average molecular weight is 413 g/mol. The Kier molecular flexibility index (Phi) is 6.54. The zero-order chi connectivity index (χ0) is 21.0. The van der Waals surface area contributed by atoms with E-state index < -0.39 is 26.3 Å². The number of carbonyl (C=O) groups is 1. The molecule has 0 fully saturated rings. The minimum Gasteiger partial charge on any atom is -0.356 e. The van der Waals surface area contributed by atoms with E-state index in [9.17, 15) is 26.4 Å². The molecule has 1 amide bonds. The number of amides is 1. The zero-order valence-electron chi connectivity index (χ0n) is 15.6. The molecule has 2 rings (SSSR count). The molecule has 0 heterocycles. The van der Waals surface area contributed by atoms with Crippen molar-refractivity contribution in [1.29, 1.82) is 0 Å². The molecule has 0 saturated carbocycles. The molecule has 0 aliphatic heterocycles. The van der Waals surface area contributed by atoms with Crippen LogP contribution in [0.1, 0.15) is 31.4 Å². The van der Waals surface area contributed by atoms with E-state index in [0.717, 1.165) is 23.8 Å². The zero-order valence-corrected chi connectivity index (χ0v) is 16.4. The summed E-state index contributed by atoms with van der Waals surface area (Å²) < 4.78 is 62.9. The van der Waals surface area contributed by atoms with E-state index in [2.05, 4.69) is 5.32 Å². The molecule has 0 unspecified atom stereocenters. The molecule has 0 bridgehead atoms. The molecule has 0 aliphatic carbocycles. The van der Waals surface area contributed by atoms with E-state index in [1.807, 2.05) is 30.3 Å². The molecule has 0 atom stereocenters. The van der Waals surface area contributed by atoms with Crippen LogP contribution < -0.4 is 5.32 Å². The minimum atomic E-state index is -4.62. The van der Waals surface area contributed by atoms with Gasteiger partial charge in [-0.25, -0.2) is 8.42 Å². The van der Waals surface area contributed by atoms with Gasteiger partial charge in [-0.2, -0.15) is 13.2 Å². The number of halogens is 3. The van der Waals surface area contributed by atoms with Gasteiger partial charge in [-0.1, -0.05) is 36.4 Å². The fraction of sp³-hybridized carbons (Fsp3) is 0.350. The van der Waals surface area contributed by atoms with Crippen molar-refractivity contribution in [2.24, 2.45) is 0 Å². The van der Waals surface area contributed by atoms with Crippen LogP contribution in [0.2, 0.25) is 0 Å². The Labute approximate surface area is 162 Å². The third kappa shape index (κ3) is 5.34.